The van der Waals surface area contributed by atoms with Gasteiger partial charge in [0.25, 0.3) is 0 Å². The maximum absolute atomic E-state index is 12.7. The predicted octanol–water partition coefficient (Wildman–Crippen LogP) is 0.624. The highest BCUT2D eigenvalue weighted by molar-refractivity contribution is 5.84. The zero-order valence-corrected chi connectivity index (χ0v) is 26.7. The third-order valence-electron chi connectivity index (χ3n) is 9.23. The van der Waals surface area contributed by atoms with Crippen molar-refractivity contribution in [1.82, 2.24) is 40.6 Å². The van der Waals surface area contributed by atoms with Gasteiger partial charge in [0, 0.05) is 37.8 Å². The third-order valence-corrected chi connectivity index (χ3v) is 9.23. The van der Waals surface area contributed by atoms with E-state index in [-0.39, 0.29) is 30.8 Å². The molecule has 48 heavy (non-hydrogen) atoms. The number of aliphatic hydroxyl groups excluding tert-OH is 3. The number of hydrogen-bond donors (Lipinski definition) is 7. The second-order valence-electron chi connectivity index (χ2n) is 12.7. The van der Waals surface area contributed by atoms with Crippen LogP contribution in [0.1, 0.15) is 49.1 Å². The van der Waals surface area contributed by atoms with Crippen LogP contribution in [0.4, 0.5) is 16.6 Å². The summed E-state index contributed by atoms with van der Waals surface area (Å²) in [6.45, 7) is 4.51. The summed E-state index contributed by atoms with van der Waals surface area (Å²) >= 11 is 0. The number of amides is 2. The minimum absolute atomic E-state index is 0.113. The van der Waals surface area contributed by atoms with E-state index in [1.807, 2.05) is 42.2 Å². The van der Waals surface area contributed by atoms with Gasteiger partial charge < -0.3 is 50.7 Å². The molecule has 3 aromatic heterocycles. The minimum Gasteiger partial charge on any atom is -0.394 e. The number of aromatic nitrogens is 5. The van der Waals surface area contributed by atoms with Gasteiger partial charge in [-0.1, -0.05) is 42.4 Å². The van der Waals surface area contributed by atoms with E-state index in [4.69, 9.17) is 19.2 Å². The Labute approximate surface area is 276 Å². The highest BCUT2D eigenvalue weighted by Crippen LogP contribution is 2.40. The second-order valence-corrected chi connectivity index (χ2v) is 12.7. The fourth-order valence-corrected chi connectivity index (χ4v) is 6.59. The summed E-state index contributed by atoms with van der Waals surface area (Å²) in [5, 5.41) is 49.2. The van der Waals surface area contributed by atoms with Crippen molar-refractivity contribution in [2.24, 2.45) is 0 Å². The molecule has 1 aromatic carbocycles. The van der Waals surface area contributed by atoms with Crippen LogP contribution in [-0.4, -0.2) is 109 Å². The number of anilines is 2. The van der Waals surface area contributed by atoms with Gasteiger partial charge in [-0.05, 0) is 37.8 Å². The van der Waals surface area contributed by atoms with E-state index in [1.54, 1.807) is 10.6 Å². The number of rotatable bonds is 11. The topological polar surface area (TPSA) is 208 Å². The number of aryl methyl sites for hydroxylation is 1. The Hall–Kier alpha value is -4.35. The molecule has 7 rings (SSSR count). The Morgan fingerprint density at radius 3 is 2.71 bits per heavy atom. The summed E-state index contributed by atoms with van der Waals surface area (Å²) in [5.41, 5.74) is 2.53. The van der Waals surface area contributed by atoms with Crippen molar-refractivity contribution in [3.8, 4) is 0 Å². The van der Waals surface area contributed by atoms with Crippen LogP contribution in [0.5, 0.6) is 0 Å². The number of nitrogens with zero attached hydrogens (tertiary/aromatic N) is 6. The molecular weight excluding hydrogens is 620 g/mol. The maximum atomic E-state index is 12.7. The molecule has 0 bridgehead atoms. The monoisotopic (exact) mass is 662 g/mol. The van der Waals surface area contributed by atoms with E-state index in [0.717, 1.165) is 25.1 Å². The van der Waals surface area contributed by atoms with Crippen molar-refractivity contribution < 1.29 is 29.4 Å². The number of nitrogens with one attached hydrogen (secondary N) is 4. The van der Waals surface area contributed by atoms with Gasteiger partial charge in [0.2, 0.25) is 5.95 Å². The van der Waals surface area contributed by atoms with Crippen molar-refractivity contribution in [1.29, 1.82) is 0 Å². The Balaban J connectivity index is 1.17. The molecule has 16 heteroatoms. The molecule has 6 heterocycles. The second kappa shape index (κ2) is 14.0. The molecule has 0 aliphatic carbocycles. The van der Waals surface area contributed by atoms with Crippen molar-refractivity contribution >= 4 is 29.0 Å². The summed E-state index contributed by atoms with van der Waals surface area (Å²) in [6.07, 6.45) is -0.324. The molecule has 0 spiro atoms. The average Bonchev–Trinajstić information content (AvgIpc) is 3.94. The number of fused-ring (bicyclic) bond motifs is 1. The normalized spacial score (nSPS) is 26.3. The molecule has 3 aliphatic heterocycles. The van der Waals surface area contributed by atoms with E-state index in [0.29, 0.717) is 66.7 Å². The molecule has 0 unspecified atom stereocenters. The molecule has 7 atom stereocenters. The van der Waals surface area contributed by atoms with E-state index in [2.05, 4.69) is 31.4 Å². The zero-order valence-electron chi connectivity index (χ0n) is 26.7. The van der Waals surface area contributed by atoms with Crippen LogP contribution >= 0.6 is 0 Å². The number of carbonyl (C=O) groups is 1. The fourth-order valence-electron chi connectivity index (χ4n) is 6.59. The van der Waals surface area contributed by atoms with Gasteiger partial charge in [0.1, 0.15) is 18.3 Å². The molecule has 7 N–H and O–H groups in total. The quantitative estimate of drug-likeness (QED) is 0.118. The lowest BCUT2D eigenvalue weighted by atomic mass is 10.1. The van der Waals surface area contributed by atoms with Crippen LogP contribution in [0.2, 0.25) is 0 Å². The van der Waals surface area contributed by atoms with Crippen molar-refractivity contribution in [2.75, 3.05) is 43.0 Å². The van der Waals surface area contributed by atoms with Crippen LogP contribution in [0.3, 0.4) is 0 Å². The predicted molar refractivity (Wildman–Crippen MR) is 174 cm³/mol. The Morgan fingerprint density at radius 2 is 1.96 bits per heavy atom. The largest absolute Gasteiger partial charge is 0.394 e. The average molecular weight is 663 g/mol. The van der Waals surface area contributed by atoms with Crippen LogP contribution in [0.15, 0.2) is 47.2 Å². The highest BCUT2D eigenvalue weighted by Gasteiger charge is 2.47. The SMILES string of the molecule is CCc1cc([C@H]2O[C@@H](n3cnc4c(N[C@H](CO)Cc5ccccc5)nc(N5CC[C@@H](NC(=O)N[C@@H]6CCNC6)C5)nc43)[C@H](O)[C@@H]2O)on1. The molecule has 0 saturated carbocycles. The number of hydrogen-bond acceptors (Lipinski definition) is 13. The number of aliphatic hydroxyl groups is 3. The van der Waals surface area contributed by atoms with Gasteiger partial charge in [0.15, 0.2) is 29.0 Å². The smallest absolute Gasteiger partial charge is 0.315 e. The first-order valence-electron chi connectivity index (χ1n) is 16.6. The Bertz CT molecular complexity index is 1700. The molecule has 4 aromatic rings. The summed E-state index contributed by atoms with van der Waals surface area (Å²) in [7, 11) is 0. The van der Waals surface area contributed by atoms with Crippen LogP contribution < -0.4 is 26.2 Å². The van der Waals surface area contributed by atoms with E-state index in [9.17, 15) is 20.1 Å². The fraction of sp³-hybridized carbons (Fsp3) is 0.531. The number of ether oxygens (including phenoxy) is 1. The Kier molecular flexibility index (Phi) is 9.41. The van der Waals surface area contributed by atoms with Crippen molar-refractivity contribution in [3.63, 3.8) is 0 Å². The van der Waals surface area contributed by atoms with Crippen LogP contribution in [0, 0.1) is 0 Å². The summed E-state index contributed by atoms with van der Waals surface area (Å²) in [6, 6.07) is 11.0. The van der Waals surface area contributed by atoms with Gasteiger partial charge in [-0.15, -0.1) is 0 Å². The number of urea groups is 1. The molecule has 16 nitrogen and oxygen atoms in total. The van der Waals surface area contributed by atoms with Crippen molar-refractivity contribution in [2.45, 2.75) is 75.3 Å². The first kappa shape index (κ1) is 32.2. The van der Waals surface area contributed by atoms with E-state index < -0.39 is 24.5 Å². The summed E-state index contributed by atoms with van der Waals surface area (Å²) < 4.78 is 13.2. The molecule has 2 amide bonds. The van der Waals surface area contributed by atoms with Crippen LogP contribution in [0.25, 0.3) is 11.2 Å². The van der Waals surface area contributed by atoms with Gasteiger partial charge in [-0.2, -0.15) is 9.97 Å². The van der Waals surface area contributed by atoms with Crippen molar-refractivity contribution in [3.05, 3.63) is 59.7 Å². The molecular formula is C32H42N10O6. The van der Waals surface area contributed by atoms with Crippen LogP contribution in [-0.2, 0) is 17.6 Å². The van der Waals surface area contributed by atoms with Gasteiger partial charge in [-0.25, -0.2) is 9.78 Å². The number of imidazole rings is 1. The number of carbonyl (C=O) groups excluding carboxylic acids is 1. The van der Waals surface area contributed by atoms with Gasteiger partial charge >= 0.3 is 6.03 Å². The lowest BCUT2D eigenvalue weighted by Gasteiger charge is -2.22. The maximum Gasteiger partial charge on any atom is 0.315 e. The van der Waals surface area contributed by atoms with Gasteiger partial charge in [0.05, 0.1) is 24.7 Å². The van der Waals surface area contributed by atoms with E-state index >= 15 is 0 Å². The van der Waals surface area contributed by atoms with Gasteiger partial charge in [-0.3, -0.25) is 4.57 Å². The zero-order chi connectivity index (χ0) is 33.2. The summed E-state index contributed by atoms with van der Waals surface area (Å²) in [4.78, 5) is 29.0. The molecule has 3 saturated heterocycles. The molecule has 3 fully saturated rings. The van der Waals surface area contributed by atoms with E-state index in [1.165, 1.54) is 6.33 Å². The molecule has 256 valence electrons. The third kappa shape index (κ3) is 6.66. The minimum atomic E-state index is -1.32. The lowest BCUT2D eigenvalue weighted by molar-refractivity contribution is -0.0434. The Morgan fingerprint density at radius 1 is 1.12 bits per heavy atom. The summed E-state index contributed by atoms with van der Waals surface area (Å²) in [5.74, 6) is 1.11. The first-order valence-corrected chi connectivity index (χ1v) is 16.6. The standard InChI is InChI=1S/C32H42N10O6/c1-2-19-13-23(48-40-19)27-25(44)26(45)30(47-27)42-17-34-24-28(35-22(16-43)12-18-6-4-3-5-7-18)38-31(39-29(24)42)41-11-9-21(15-41)37-32(46)36-20-8-10-33-14-20/h3-7,13,17,20-22,25-27,30,33,43-45H,2,8-12,14-16H2,1H3,(H,35,38,39)(H2,36,37,46)/t20-,21-,22+,25+,26-,27-,30-/m1/s1. The molecule has 3 aliphatic rings. The first-order chi connectivity index (χ1) is 23.4. The lowest BCUT2D eigenvalue weighted by Crippen LogP contribution is -2.47. The number of benzene rings is 1. The highest BCUT2D eigenvalue weighted by atomic mass is 16.6. The molecule has 0 radical (unpaired) electrons.